The summed E-state index contributed by atoms with van der Waals surface area (Å²) in [6, 6.07) is 26.8. The third kappa shape index (κ3) is 8.31. The molecule has 0 saturated heterocycles. The van der Waals surface area contributed by atoms with Gasteiger partial charge in [-0.25, -0.2) is 12.8 Å². The van der Waals surface area contributed by atoms with Gasteiger partial charge in [-0.15, -0.1) is 0 Å². The Morgan fingerprint density at radius 1 is 0.850 bits per heavy atom. The summed E-state index contributed by atoms with van der Waals surface area (Å²) in [6.45, 7) is 2.86. The van der Waals surface area contributed by atoms with E-state index in [0.29, 0.717) is 36.7 Å². The number of halogens is 1. The van der Waals surface area contributed by atoms with Crippen LogP contribution in [0.2, 0.25) is 0 Å². The summed E-state index contributed by atoms with van der Waals surface area (Å²) in [6.07, 6.45) is 1.66. The number of carboxylic acid groups (broad SMARTS) is 1. The molecule has 0 atom stereocenters. The van der Waals surface area contributed by atoms with E-state index >= 15 is 0 Å². The molecule has 9 heteroatoms. The first-order chi connectivity index (χ1) is 19.1. The molecule has 0 unspecified atom stereocenters. The maximum Gasteiger partial charge on any atom is 0.303 e. The fourth-order valence-electron chi connectivity index (χ4n) is 4.31. The van der Waals surface area contributed by atoms with Crippen molar-refractivity contribution in [1.29, 1.82) is 0 Å². The minimum absolute atomic E-state index is 0.0812. The summed E-state index contributed by atoms with van der Waals surface area (Å²) in [4.78, 5) is 12.9. The molecule has 4 aromatic rings. The number of benzene rings is 4. The van der Waals surface area contributed by atoms with E-state index in [1.54, 1.807) is 24.3 Å². The third-order valence-electron chi connectivity index (χ3n) is 6.31. The van der Waals surface area contributed by atoms with Crippen molar-refractivity contribution in [1.82, 2.24) is 0 Å². The van der Waals surface area contributed by atoms with Gasteiger partial charge in [0, 0.05) is 25.2 Å². The lowest BCUT2D eigenvalue weighted by Crippen LogP contribution is -2.23. The monoisotopic (exact) mass is 562 g/mol. The van der Waals surface area contributed by atoms with E-state index in [9.17, 15) is 17.6 Å². The fourth-order valence-corrected chi connectivity index (χ4v) is 4.93. The van der Waals surface area contributed by atoms with E-state index in [1.807, 2.05) is 61.5 Å². The Balaban J connectivity index is 1.53. The summed E-state index contributed by atoms with van der Waals surface area (Å²) in [5.74, 6) is 0.166. The number of hydrogen-bond acceptors (Lipinski definition) is 5. The van der Waals surface area contributed by atoms with Crippen LogP contribution in [0.3, 0.4) is 0 Å². The molecular weight excluding hydrogens is 531 g/mol. The smallest absolute Gasteiger partial charge is 0.303 e. The molecule has 0 fully saturated rings. The van der Waals surface area contributed by atoms with Crippen molar-refractivity contribution in [3.8, 4) is 11.5 Å². The number of nitrogens with zero attached hydrogens (tertiary/aromatic N) is 1. The number of aliphatic carboxylic acids is 1. The van der Waals surface area contributed by atoms with E-state index in [-0.39, 0.29) is 12.2 Å². The standard InChI is InChI=1S/C31H31FN2O5S/c1-22-29(33-40(2,37)38)4-3-5-30(22)34(20-24-6-13-26(32)14-7-24)21-25-10-17-28(18-11-25)39-27-15-8-23(9-16-27)12-19-31(35)36/h3-11,13-18,33H,12,19-21H2,1-2H3,(H,35,36). The van der Waals surface area contributed by atoms with Crippen molar-refractivity contribution < 1.29 is 27.4 Å². The van der Waals surface area contributed by atoms with Crippen molar-refractivity contribution in [2.45, 2.75) is 32.9 Å². The molecule has 7 nitrogen and oxygen atoms in total. The first-order valence-electron chi connectivity index (χ1n) is 12.7. The molecule has 0 radical (unpaired) electrons. The first-order valence-corrected chi connectivity index (χ1v) is 14.6. The second kappa shape index (κ2) is 12.7. The Kier molecular flexibility index (Phi) is 9.06. The molecule has 4 aromatic carbocycles. The lowest BCUT2D eigenvalue weighted by Gasteiger charge is -2.28. The van der Waals surface area contributed by atoms with Crippen molar-refractivity contribution in [3.05, 3.63) is 119 Å². The lowest BCUT2D eigenvalue weighted by molar-refractivity contribution is -0.136. The fraction of sp³-hybridized carbons (Fsp3) is 0.194. The lowest BCUT2D eigenvalue weighted by atomic mass is 10.1. The normalized spacial score (nSPS) is 11.2. The SMILES string of the molecule is Cc1c(NS(C)(=O)=O)cccc1N(Cc1ccc(F)cc1)Cc1ccc(Oc2ccc(CCC(=O)O)cc2)cc1. The highest BCUT2D eigenvalue weighted by Crippen LogP contribution is 2.31. The minimum Gasteiger partial charge on any atom is -0.481 e. The quantitative estimate of drug-likeness (QED) is 0.204. The van der Waals surface area contributed by atoms with Gasteiger partial charge in [0.1, 0.15) is 17.3 Å². The number of anilines is 2. The molecule has 0 aliphatic heterocycles. The third-order valence-corrected chi connectivity index (χ3v) is 6.90. The van der Waals surface area contributed by atoms with Gasteiger partial charge in [0.15, 0.2) is 0 Å². The van der Waals surface area contributed by atoms with Crippen molar-refractivity contribution >= 4 is 27.4 Å². The van der Waals surface area contributed by atoms with Crippen molar-refractivity contribution in [2.24, 2.45) is 0 Å². The highest BCUT2D eigenvalue weighted by molar-refractivity contribution is 7.92. The predicted molar refractivity (Wildman–Crippen MR) is 155 cm³/mol. The zero-order valence-corrected chi connectivity index (χ0v) is 23.1. The highest BCUT2D eigenvalue weighted by atomic mass is 32.2. The van der Waals surface area contributed by atoms with Crippen LogP contribution in [0.4, 0.5) is 15.8 Å². The van der Waals surface area contributed by atoms with Gasteiger partial charge in [0.05, 0.1) is 11.9 Å². The molecule has 40 heavy (non-hydrogen) atoms. The van der Waals surface area contributed by atoms with Crippen LogP contribution in [0, 0.1) is 12.7 Å². The summed E-state index contributed by atoms with van der Waals surface area (Å²) in [7, 11) is -3.45. The molecule has 0 heterocycles. The van der Waals surface area contributed by atoms with Crippen LogP contribution in [-0.2, 0) is 34.3 Å². The van der Waals surface area contributed by atoms with Crippen LogP contribution < -0.4 is 14.4 Å². The largest absolute Gasteiger partial charge is 0.481 e. The first kappa shape index (κ1) is 28.6. The number of aryl methyl sites for hydroxylation is 1. The molecule has 208 valence electrons. The minimum atomic E-state index is -3.45. The predicted octanol–water partition coefficient (Wildman–Crippen LogP) is 6.52. The Morgan fingerprint density at radius 3 is 1.90 bits per heavy atom. The molecule has 4 rings (SSSR count). The van der Waals surface area contributed by atoms with Gasteiger partial charge >= 0.3 is 5.97 Å². The summed E-state index contributed by atoms with van der Waals surface area (Å²) in [5.41, 5.74) is 4.97. The number of carbonyl (C=O) groups is 1. The number of sulfonamides is 1. The van der Waals surface area contributed by atoms with Gasteiger partial charge in [-0.2, -0.15) is 0 Å². The van der Waals surface area contributed by atoms with Crippen LogP contribution in [0.5, 0.6) is 11.5 Å². The molecule has 2 N–H and O–H groups in total. The molecule has 0 aliphatic carbocycles. The van der Waals surface area contributed by atoms with Gasteiger partial charge in [0.2, 0.25) is 10.0 Å². The summed E-state index contributed by atoms with van der Waals surface area (Å²) < 4.78 is 45.8. The Bertz CT molecular complexity index is 1560. The Morgan fingerprint density at radius 2 is 1.38 bits per heavy atom. The van der Waals surface area contributed by atoms with Gasteiger partial charge in [-0.1, -0.05) is 42.5 Å². The van der Waals surface area contributed by atoms with E-state index < -0.39 is 16.0 Å². The average Bonchev–Trinajstić information content (AvgIpc) is 2.91. The van der Waals surface area contributed by atoms with Crippen LogP contribution in [0.15, 0.2) is 91.0 Å². The number of rotatable bonds is 12. The van der Waals surface area contributed by atoms with Gasteiger partial charge in [-0.3, -0.25) is 9.52 Å². The van der Waals surface area contributed by atoms with Crippen LogP contribution in [0.1, 0.15) is 28.7 Å². The topological polar surface area (TPSA) is 95.9 Å². The summed E-state index contributed by atoms with van der Waals surface area (Å²) >= 11 is 0. The average molecular weight is 563 g/mol. The van der Waals surface area contributed by atoms with E-state index in [2.05, 4.69) is 9.62 Å². The maximum absolute atomic E-state index is 13.5. The van der Waals surface area contributed by atoms with E-state index in [4.69, 9.17) is 9.84 Å². The molecule has 0 bridgehead atoms. The Hall–Kier alpha value is -4.37. The van der Waals surface area contributed by atoms with Crippen LogP contribution in [-0.4, -0.2) is 25.7 Å². The Labute approximate surface area is 233 Å². The van der Waals surface area contributed by atoms with Gasteiger partial charge in [-0.05, 0) is 84.1 Å². The highest BCUT2D eigenvalue weighted by Gasteiger charge is 2.15. The second-order valence-electron chi connectivity index (χ2n) is 9.59. The molecule has 0 amide bonds. The van der Waals surface area contributed by atoms with Crippen LogP contribution >= 0.6 is 0 Å². The van der Waals surface area contributed by atoms with E-state index in [1.165, 1.54) is 12.1 Å². The summed E-state index contributed by atoms with van der Waals surface area (Å²) in [5, 5.41) is 8.85. The van der Waals surface area contributed by atoms with E-state index in [0.717, 1.165) is 34.2 Å². The molecule has 0 aromatic heterocycles. The maximum atomic E-state index is 13.5. The number of nitrogens with one attached hydrogen (secondary N) is 1. The zero-order valence-electron chi connectivity index (χ0n) is 22.3. The van der Waals surface area contributed by atoms with Gasteiger partial charge < -0.3 is 14.7 Å². The van der Waals surface area contributed by atoms with Crippen LogP contribution in [0.25, 0.3) is 0 Å². The van der Waals surface area contributed by atoms with Crippen molar-refractivity contribution in [3.63, 3.8) is 0 Å². The number of hydrogen-bond donors (Lipinski definition) is 2. The number of ether oxygens (including phenoxy) is 1. The number of carboxylic acids is 1. The zero-order chi connectivity index (χ0) is 28.7. The second-order valence-corrected chi connectivity index (χ2v) is 11.3. The molecular formula is C31H31FN2O5S. The molecule has 0 spiro atoms. The molecule has 0 saturated carbocycles. The molecule has 0 aliphatic rings. The van der Waals surface area contributed by atoms with Gasteiger partial charge in [0.25, 0.3) is 0 Å². The van der Waals surface area contributed by atoms with Crippen molar-refractivity contribution in [2.75, 3.05) is 15.9 Å².